The smallest absolute Gasteiger partial charge is 0.304 e. The highest BCUT2D eigenvalue weighted by Gasteiger charge is 2.24. The van der Waals surface area contributed by atoms with Crippen molar-refractivity contribution >= 4 is 17.7 Å². The molecule has 4 nitrogen and oxygen atoms in total. The lowest BCUT2D eigenvalue weighted by Crippen LogP contribution is -2.44. The van der Waals surface area contributed by atoms with Crippen LogP contribution in [0.15, 0.2) is 0 Å². The first-order valence-electron chi connectivity index (χ1n) is 7.01. The summed E-state index contributed by atoms with van der Waals surface area (Å²) < 4.78 is 0. The molecule has 0 amide bonds. The Morgan fingerprint density at radius 3 is 2.72 bits per heavy atom. The Hall–Kier alpha value is -0.260. The zero-order valence-corrected chi connectivity index (χ0v) is 11.8. The van der Waals surface area contributed by atoms with E-state index in [9.17, 15) is 4.79 Å². The number of carboxylic acids is 1. The van der Waals surface area contributed by atoms with E-state index in [1.165, 1.54) is 38.9 Å². The quantitative estimate of drug-likeness (QED) is 0.791. The van der Waals surface area contributed by atoms with Gasteiger partial charge in [0.1, 0.15) is 0 Å². The molecule has 0 aromatic carbocycles. The number of nitrogens with zero attached hydrogens (tertiary/aromatic N) is 2. The van der Waals surface area contributed by atoms with Gasteiger partial charge in [0.25, 0.3) is 0 Å². The van der Waals surface area contributed by atoms with Gasteiger partial charge in [-0.05, 0) is 45.4 Å². The van der Waals surface area contributed by atoms with Gasteiger partial charge in [-0.15, -0.1) is 0 Å². The molecule has 0 aromatic rings. The molecular formula is C13H24N2O2S. The van der Waals surface area contributed by atoms with Crippen LogP contribution in [0.2, 0.25) is 0 Å². The van der Waals surface area contributed by atoms with Crippen molar-refractivity contribution in [2.24, 2.45) is 0 Å². The number of likely N-dealkylation sites (tertiary alicyclic amines) is 1. The number of carbonyl (C=O) groups is 1. The Morgan fingerprint density at radius 2 is 2.00 bits per heavy atom. The van der Waals surface area contributed by atoms with Gasteiger partial charge < -0.3 is 10.0 Å². The Labute approximate surface area is 114 Å². The van der Waals surface area contributed by atoms with E-state index in [-0.39, 0.29) is 6.04 Å². The fraction of sp³-hybridized carbons (Fsp3) is 0.923. The highest BCUT2D eigenvalue weighted by Crippen LogP contribution is 2.19. The molecule has 2 heterocycles. The van der Waals surface area contributed by atoms with E-state index in [2.05, 4.69) is 9.80 Å². The standard InChI is InChI=1S/C13H24N2O2S/c16-13(17)10-12-11-18-9-8-15(12)7-3-6-14-4-1-2-5-14/h12H,1-11H2,(H,16,17). The molecule has 0 aromatic heterocycles. The Bertz CT molecular complexity index is 270. The van der Waals surface area contributed by atoms with Crippen LogP contribution in [0.4, 0.5) is 0 Å². The van der Waals surface area contributed by atoms with Gasteiger partial charge >= 0.3 is 5.97 Å². The summed E-state index contributed by atoms with van der Waals surface area (Å²) in [7, 11) is 0. The molecule has 0 radical (unpaired) electrons. The minimum atomic E-state index is -0.660. The van der Waals surface area contributed by atoms with Crippen LogP contribution in [-0.4, -0.2) is 71.1 Å². The van der Waals surface area contributed by atoms with Gasteiger partial charge in [0.05, 0.1) is 6.42 Å². The average Bonchev–Trinajstić information content (AvgIpc) is 2.84. The molecule has 5 heteroatoms. The number of rotatable bonds is 6. The molecule has 1 N–H and O–H groups in total. The third-order valence-corrected chi connectivity index (χ3v) is 4.97. The van der Waals surface area contributed by atoms with Crippen LogP contribution in [0.1, 0.15) is 25.7 Å². The zero-order valence-electron chi connectivity index (χ0n) is 11.0. The lowest BCUT2D eigenvalue weighted by molar-refractivity contribution is -0.138. The second-order valence-corrected chi connectivity index (χ2v) is 6.41. The molecule has 18 heavy (non-hydrogen) atoms. The number of aliphatic carboxylic acids is 1. The normalized spacial score (nSPS) is 26.6. The van der Waals surface area contributed by atoms with E-state index in [1.807, 2.05) is 11.8 Å². The molecule has 2 saturated heterocycles. The lowest BCUT2D eigenvalue weighted by Gasteiger charge is -2.34. The molecule has 104 valence electrons. The van der Waals surface area contributed by atoms with Crippen molar-refractivity contribution in [1.82, 2.24) is 9.80 Å². The first kappa shape index (κ1) is 14.2. The second-order valence-electron chi connectivity index (χ2n) is 5.26. The largest absolute Gasteiger partial charge is 0.481 e. The van der Waals surface area contributed by atoms with Gasteiger partial charge in [-0.3, -0.25) is 9.69 Å². The van der Waals surface area contributed by atoms with E-state index in [1.54, 1.807) is 0 Å². The molecule has 2 fully saturated rings. The second kappa shape index (κ2) is 7.36. The SMILES string of the molecule is O=C(O)CC1CSCCN1CCCN1CCCC1. The minimum Gasteiger partial charge on any atom is -0.481 e. The monoisotopic (exact) mass is 272 g/mol. The van der Waals surface area contributed by atoms with Crippen molar-refractivity contribution in [1.29, 1.82) is 0 Å². The summed E-state index contributed by atoms with van der Waals surface area (Å²) in [5.41, 5.74) is 0. The minimum absolute atomic E-state index is 0.250. The number of thioether (sulfide) groups is 1. The summed E-state index contributed by atoms with van der Waals surface area (Å²) in [6.07, 6.45) is 4.18. The molecule has 2 aliphatic heterocycles. The van der Waals surface area contributed by atoms with E-state index in [0.717, 1.165) is 24.6 Å². The summed E-state index contributed by atoms with van der Waals surface area (Å²) in [6.45, 7) is 5.82. The first-order valence-corrected chi connectivity index (χ1v) is 8.17. The average molecular weight is 272 g/mol. The van der Waals surface area contributed by atoms with Gasteiger partial charge in [0.2, 0.25) is 0 Å². The topological polar surface area (TPSA) is 43.8 Å². The number of carboxylic acid groups (broad SMARTS) is 1. The lowest BCUT2D eigenvalue weighted by atomic mass is 10.2. The Morgan fingerprint density at radius 1 is 1.22 bits per heavy atom. The maximum atomic E-state index is 10.9. The third kappa shape index (κ3) is 4.44. The summed E-state index contributed by atoms with van der Waals surface area (Å²) in [5, 5.41) is 8.94. The van der Waals surface area contributed by atoms with Crippen LogP contribution in [0.25, 0.3) is 0 Å². The first-order chi connectivity index (χ1) is 8.75. The van der Waals surface area contributed by atoms with Crippen molar-refractivity contribution < 1.29 is 9.90 Å². The van der Waals surface area contributed by atoms with E-state index in [4.69, 9.17) is 5.11 Å². The molecule has 0 bridgehead atoms. The van der Waals surface area contributed by atoms with Gasteiger partial charge in [-0.2, -0.15) is 11.8 Å². The van der Waals surface area contributed by atoms with Crippen molar-refractivity contribution in [3.63, 3.8) is 0 Å². The van der Waals surface area contributed by atoms with E-state index >= 15 is 0 Å². The van der Waals surface area contributed by atoms with E-state index in [0.29, 0.717) is 6.42 Å². The molecule has 2 aliphatic rings. The van der Waals surface area contributed by atoms with Crippen LogP contribution >= 0.6 is 11.8 Å². The molecule has 2 rings (SSSR count). The molecular weight excluding hydrogens is 248 g/mol. The predicted octanol–water partition coefficient (Wildman–Crippen LogP) is 1.36. The molecule has 0 aliphatic carbocycles. The zero-order chi connectivity index (χ0) is 12.8. The molecule has 0 spiro atoms. The van der Waals surface area contributed by atoms with E-state index < -0.39 is 5.97 Å². The van der Waals surface area contributed by atoms with Crippen LogP contribution in [0.5, 0.6) is 0 Å². The Kier molecular flexibility index (Phi) is 5.79. The fourth-order valence-corrected chi connectivity index (χ4v) is 4.01. The molecule has 0 saturated carbocycles. The van der Waals surface area contributed by atoms with Crippen LogP contribution in [0, 0.1) is 0 Å². The van der Waals surface area contributed by atoms with Gasteiger partial charge in [-0.25, -0.2) is 0 Å². The molecule has 1 atom stereocenters. The maximum Gasteiger partial charge on any atom is 0.304 e. The summed E-state index contributed by atoms with van der Waals surface area (Å²) >= 11 is 1.89. The van der Waals surface area contributed by atoms with Crippen LogP contribution in [-0.2, 0) is 4.79 Å². The van der Waals surface area contributed by atoms with Gasteiger partial charge in [0.15, 0.2) is 0 Å². The number of hydrogen-bond donors (Lipinski definition) is 1. The van der Waals surface area contributed by atoms with Crippen molar-refractivity contribution in [3.05, 3.63) is 0 Å². The summed E-state index contributed by atoms with van der Waals surface area (Å²) in [5.74, 6) is 1.47. The maximum absolute atomic E-state index is 10.9. The predicted molar refractivity (Wildman–Crippen MR) is 75.2 cm³/mol. The Balaban J connectivity index is 1.69. The number of hydrogen-bond acceptors (Lipinski definition) is 4. The fourth-order valence-electron chi connectivity index (χ4n) is 2.88. The van der Waals surface area contributed by atoms with Crippen molar-refractivity contribution in [2.45, 2.75) is 31.7 Å². The summed E-state index contributed by atoms with van der Waals surface area (Å²) in [6, 6.07) is 0.250. The van der Waals surface area contributed by atoms with Crippen molar-refractivity contribution in [2.75, 3.05) is 44.2 Å². The van der Waals surface area contributed by atoms with Crippen LogP contribution in [0.3, 0.4) is 0 Å². The summed E-state index contributed by atoms with van der Waals surface area (Å²) in [4.78, 5) is 15.8. The van der Waals surface area contributed by atoms with Gasteiger partial charge in [-0.1, -0.05) is 0 Å². The highest BCUT2D eigenvalue weighted by molar-refractivity contribution is 7.99. The third-order valence-electron chi connectivity index (χ3n) is 3.88. The van der Waals surface area contributed by atoms with Crippen LogP contribution < -0.4 is 0 Å². The van der Waals surface area contributed by atoms with Crippen molar-refractivity contribution in [3.8, 4) is 0 Å². The van der Waals surface area contributed by atoms with Gasteiger partial charge in [0, 0.05) is 24.1 Å². The molecule has 1 unspecified atom stereocenters. The highest BCUT2D eigenvalue weighted by atomic mass is 32.2.